The largest absolute Gasteiger partial charge is 0.343 e. The number of benzene rings is 2. The van der Waals surface area contributed by atoms with Crippen LogP contribution < -0.4 is 0 Å². The van der Waals surface area contributed by atoms with Crippen LogP contribution in [0.15, 0.2) is 54.6 Å². The molecule has 2 aliphatic rings. The molecule has 172 valence electrons. The first kappa shape index (κ1) is 22.9. The van der Waals surface area contributed by atoms with Gasteiger partial charge in [-0.15, -0.1) is 0 Å². The molecule has 2 aromatic carbocycles. The molecule has 5 nitrogen and oxygen atoms in total. The summed E-state index contributed by atoms with van der Waals surface area (Å²) in [6, 6.07) is 16.5. The van der Waals surface area contributed by atoms with Crippen LogP contribution in [0.5, 0.6) is 0 Å². The van der Waals surface area contributed by atoms with E-state index in [2.05, 4.69) is 0 Å². The number of hydrogen-bond donors (Lipinski definition) is 0. The summed E-state index contributed by atoms with van der Waals surface area (Å²) in [6.07, 6.45) is 1.98. The normalized spacial score (nSPS) is 25.4. The monoisotopic (exact) mass is 458 g/mol. The molecule has 0 aromatic heterocycles. The van der Waals surface area contributed by atoms with Gasteiger partial charge in [-0.2, -0.15) is 4.31 Å². The summed E-state index contributed by atoms with van der Waals surface area (Å²) in [5.41, 5.74) is 0.827. The molecule has 7 heteroatoms. The van der Waals surface area contributed by atoms with E-state index in [1.54, 1.807) is 21.3 Å². The van der Waals surface area contributed by atoms with E-state index in [9.17, 15) is 13.2 Å². The van der Waals surface area contributed by atoms with Gasteiger partial charge in [0.05, 0.1) is 0 Å². The Bertz CT molecular complexity index is 1050. The predicted molar refractivity (Wildman–Crippen MR) is 123 cm³/mol. The summed E-state index contributed by atoms with van der Waals surface area (Å²) in [6.45, 7) is 4.57. The quantitative estimate of drug-likeness (QED) is 0.675. The van der Waals surface area contributed by atoms with E-state index in [4.69, 9.17) is 0 Å². The Hall–Kier alpha value is -2.25. The number of amides is 1. The van der Waals surface area contributed by atoms with Crippen LogP contribution in [0.3, 0.4) is 0 Å². The predicted octanol–water partition coefficient (Wildman–Crippen LogP) is 4.55. The first-order chi connectivity index (χ1) is 15.2. The van der Waals surface area contributed by atoms with Gasteiger partial charge in [0.15, 0.2) is 0 Å². The van der Waals surface area contributed by atoms with E-state index in [0.29, 0.717) is 25.1 Å². The maximum Gasteiger partial charge on any atom is 0.221 e. The minimum Gasteiger partial charge on any atom is -0.343 e. The highest BCUT2D eigenvalue weighted by Crippen LogP contribution is 2.39. The maximum atomic E-state index is 15.5. The number of piperidine rings is 1. The van der Waals surface area contributed by atoms with Crippen LogP contribution in [0.2, 0.25) is 0 Å². The van der Waals surface area contributed by atoms with Crippen molar-refractivity contribution in [1.82, 2.24) is 9.21 Å². The van der Waals surface area contributed by atoms with Crippen molar-refractivity contribution < 1.29 is 17.6 Å². The van der Waals surface area contributed by atoms with Crippen molar-refractivity contribution in [2.45, 2.75) is 63.0 Å². The molecule has 0 aliphatic carbocycles. The third-order valence-electron chi connectivity index (χ3n) is 7.01. The Morgan fingerprint density at radius 3 is 2.25 bits per heavy atom. The molecule has 2 fully saturated rings. The van der Waals surface area contributed by atoms with Crippen molar-refractivity contribution in [3.8, 4) is 0 Å². The lowest BCUT2D eigenvalue weighted by Crippen LogP contribution is -2.44. The Morgan fingerprint density at radius 2 is 1.66 bits per heavy atom. The summed E-state index contributed by atoms with van der Waals surface area (Å²) in [7, 11) is -3.50. The SMILES string of the molecule is CC(=O)N1CCC(F)(c2ccc(CN3C(C)CCC(c4ccccc4)S3(=O)=O)cc2)CC1. The summed E-state index contributed by atoms with van der Waals surface area (Å²) in [5.74, 6) is -0.0203. The zero-order chi connectivity index (χ0) is 22.9. The van der Waals surface area contributed by atoms with E-state index in [0.717, 1.165) is 17.5 Å². The van der Waals surface area contributed by atoms with Crippen LogP contribution in [0.4, 0.5) is 4.39 Å². The van der Waals surface area contributed by atoms with Gasteiger partial charge in [-0.05, 0) is 36.5 Å². The molecule has 2 heterocycles. The van der Waals surface area contributed by atoms with Crippen molar-refractivity contribution in [1.29, 1.82) is 0 Å². The van der Waals surface area contributed by atoms with E-state index < -0.39 is 20.9 Å². The first-order valence-electron chi connectivity index (χ1n) is 11.3. The average Bonchev–Trinajstić information content (AvgIpc) is 2.78. The summed E-state index contributed by atoms with van der Waals surface area (Å²) in [4.78, 5) is 13.2. The van der Waals surface area contributed by atoms with Crippen LogP contribution in [-0.4, -0.2) is 42.7 Å². The van der Waals surface area contributed by atoms with Crippen molar-refractivity contribution in [3.63, 3.8) is 0 Å². The molecule has 0 radical (unpaired) electrons. The van der Waals surface area contributed by atoms with Crippen molar-refractivity contribution >= 4 is 15.9 Å². The second-order valence-corrected chi connectivity index (χ2v) is 11.2. The molecule has 2 aromatic rings. The van der Waals surface area contributed by atoms with Crippen LogP contribution in [0, 0.1) is 0 Å². The fourth-order valence-corrected chi connectivity index (χ4v) is 7.10. The van der Waals surface area contributed by atoms with Gasteiger partial charge in [0.1, 0.15) is 10.9 Å². The van der Waals surface area contributed by atoms with Gasteiger partial charge in [-0.1, -0.05) is 54.6 Å². The van der Waals surface area contributed by atoms with E-state index >= 15 is 4.39 Å². The molecule has 0 bridgehead atoms. The van der Waals surface area contributed by atoms with Crippen molar-refractivity contribution in [2.75, 3.05) is 13.1 Å². The number of hydrogen-bond acceptors (Lipinski definition) is 3. The molecule has 2 atom stereocenters. The molecule has 1 amide bonds. The molecule has 0 N–H and O–H groups in total. The van der Waals surface area contributed by atoms with E-state index in [-0.39, 0.29) is 31.3 Å². The van der Waals surface area contributed by atoms with Crippen LogP contribution in [0.1, 0.15) is 61.5 Å². The van der Waals surface area contributed by atoms with Crippen LogP contribution in [-0.2, 0) is 27.0 Å². The van der Waals surface area contributed by atoms with Gasteiger partial charge in [-0.25, -0.2) is 12.8 Å². The third-order valence-corrected chi connectivity index (χ3v) is 9.38. The highest BCUT2D eigenvalue weighted by molar-refractivity contribution is 7.89. The minimum absolute atomic E-state index is 0.0203. The molecule has 2 aliphatic heterocycles. The van der Waals surface area contributed by atoms with E-state index in [1.165, 1.54) is 6.92 Å². The maximum absolute atomic E-state index is 15.5. The highest BCUT2D eigenvalue weighted by Gasteiger charge is 2.41. The standard InChI is InChI=1S/C25H31FN2O3S/c1-19-8-13-24(22-6-4-3-5-7-22)32(30,31)28(19)18-21-9-11-23(12-10-21)25(26)14-16-27(17-15-25)20(2)29/h3-7,9-12,19,24H,8,13-18H2,1-2H3. The first-order valence-corrected chi connectivity index (χ1v) is 12.8. The summed E-state index contributed by atoms with van der Waals surface area (Å²) >= 11 is 0. The second kappa shape index (κ2) is 8.94. The third kappa shape index (κ3) is 4.46. The number of carbonyl (C=O) groups excluding carboxylic acids is 1. The van der Waals surface area contributed by atoms with Crippen molar-refractivity contribution in [3.05, 3.63) is 71.3 Å². The lowest BCUT2D eigenvalue weighted by Gasteiger charge is -2.38. The van der Waals surface area contributed by atoms with Crippen molar-refractivity contribution in [2.24, 2.45) is 0 Å². The number of likely N-dealkylation sites (tertiary alicyclic amines) is 1. The fraction of sp³-hybridized carbons (Fsp3) is 0.480. The molecule has 32 heavy (non-hydrogen) atoms. The Balaban J connectivity index is 1.49. The zero-order valence-electron chi connectivity index (χ0n) is 18.7. The Morgan fingerprint density at radius 1 is 1.03 bits per heavy atom. The molecule has 0 saturated carbocycles. The average molecular weight is 459 g/mol. The van der Waals surface area contributed by atoms with Gasteiger partial charge in [0.2, 0.25) is 15.9 Å². The number of halogens is 1. The topological polar surface area (TPSA) is 57.7 Å². The summed E-state index contributed by atoms with van der Waals surface area (Å²) < 4.78 is 43.9. The van der Waals surface area contributed by atoms with Gasteiger partial charge in [0.25, 0.3) is 0 Å². The van der Waals surface area contributed by atoms with Crippen LogP contribution in [0.25, 0.3) is 0 Å². The minimum atomic E-state index is -3.50. The number of sulfonamides is 1. The van der Waals surface area contributed by atoms with Gasteiger partial charge >= 0.3 is 0 Å². The Labute approximate surface area is 190 Å². The van der Waals surface area contributed by atoms with Gasteiger partial charge < -0.3 is 4.90 Å². The lowest BCUT2D eigenvalue weighted by atomic mass is 9.86. The smallest absolute Gasteiger partial charge is 0.221 e. The van der Waals surface area contributed by atoms with Gasteiger partial charge in [0, 0.05) is 45.4 Å². The van der Waals surface area contributed by atoms with Crippen LogP contribution >= 0.6 is 0 Å². The number of carbonyl (C=O) groups is 1. The van der Waals surface area contributed by atoms with Gasteiger partial charge in [-0.3, -0.25) is 4.79 Å². The molecule has 2 saturated heterocycles. The van der Waals surface area contributed by atoms with E-state index in [1.807, 2.05) is 49.4 Å². The molecule has 4 rings (SSSR count). The highest BCUT2D eigenvalue weighted by atomic mass is 32.2. The molecule has 0 spiro atoms. The lowest BCUT2D eigenvalue weighted by molar-refractivity contribution is -0.131. The fourth-order valence-electron chi connectivity index (χ4n) is 4.91. The number of alkyl halides is 1. The Kier molecular flexibility index (Phi) is 6.41. The molecular weight excluding hydrogens is 427 g/mol. The second-order valence-electron chi connectivity index (χ2n) is 9.08. The summed E-state index contributed by atoms with van der Waals surface area (Å²) in [5, 5.41) is -0.528. The molecule has 2 unspecified atom stereocenters. The number of rotatable bonds is 4. The zero-order valence-corrected chi connectivity index (χ0v) is 19.5. The number of nitrogens with zero attached hydrogens (tertiary/aromatic N) is 2. The molecular formula is C25H31FN2O3S.